The van der Waals surface area contributed by atoms with E-state index in [1.54, 1.807) is 43.3 Å². The summed E-state index contributed by atoms with van der Waals surface area (Å²) in [6.07, 6.45) is 0.109. The number of hydrogen-bond acceptors (Lipinski definition) is 7. The Kier molecular flexibility index (Phi) is 10.5. The standard InChI is InChI=1S/C28H30N4O8/c1-17-12-27(38)40-22-14-19(10-11-20(17)22)31-28(39)21(13-18-6-3-2-4-7-18)32-25(35)16-30-24(34)15-29-23(33)8-5-9-26(36)37/h2-4,6-7,10-12,14,21H,5,8-9,13,15-16H2,1H3,(H,29,33)(H,30,34)(H,31,39)(H,32,35)(H,36,37)/t21-/m0/s1. The predicted octanol–water partition coefficient (Wildman–Crippen LogP) is 1.25. The molecule has 2 aromatic carbocycles. The smallest absolute Gasteiger partial charge is 0.336 e. The van der Waals surface area contributed by atoms with E-state index < -0.39 is 47.8 Å². The summed E-state index contributed by atoms with van der Waals surface area (Å²) in [7, 11) is 0. The zero-order valence-electron chi connectivity index (χ0n) is 21.8. The highest BCUT2D eigenvalue weighted by molar-refractivity contribution is 5.99. The van der Waals surface area contributed by atoms with Crippen LogP contribution >= 0.6 is 0 Å². The van der Waals surface area contributed by atoms with Gasteiger partial charge in [0.15, 0.2) is 0 Å². The minimum atomic E-state index is -1.02. The molecule has 3 aromatic rings. The van der Waals surface area contributed by atoms with Crippen molar-refractivity contribution >= 4 is 46.3 Å². The van der Waals surface area contributed by atoms with Gasteiger partial charge in [-0.15, -0.1) is 0 Å². The van der Waals surface area contributed by atoms with Gasteiger partial charge in [0.25, 0.3) is 0 Å². The molecule has 0 saturated carbocycles. The number of aryl methyl sites for hydroxylation is 1. The third kappa shape index (κ3) is 9.39. The molecular formula is C28H30N4O8. The highest BCUT2D eigenvalue weighted by Gasteiger charge is 2.22. The fourth-order valence-electron chi connectivity index (χ4n) is 3.85. The number of hydrogen-bond donors (Lipinski definition) is 5. The van der Waals surface area contributed by atoms with Gasteiger partial charge in [-0.2, -0.15) is 0 Å². The number of anilines is 1. The van der Waals surface area contributed by atoms with Crippen LogP contribution in [0, 0.1) is 6.92 Å². The number of amides is 4. The molecule has 0 unspecified atom stereocenters. The molecule has 3 rings (SSSR count). The van der Waals surface area contributed by atoms with Crippen LogP contribution in [0.2, 0.25) is 0 Å². The van der Waals surface area contributed by atoms with Crippen LogP contribution in [-0.4, -0.2) is 53.8 Å². The normalized spacial score (nSPS) is 11.3. The van der Waals surface area contributed by atoms with Crippen LogP contribution in [-0.2, 0) is 30.4 Å². The monoisotopic (exact) mass is 550 g/mol. The second-order valence-electron chi connectivity index (χ2n) is 9.06. The van der Waals surface area contributed by atoms with Crippen molar-refractivity contribution in [1.29, 1.82) is 0 Å². The van der Waals surface area contributed by atoms with Gasteiger partial charge in [-0.1, -0.05) is 30.3 Å². The number of fused-ring (bicyclic) bond motifs is 1. The molecule has 0 aliphatic heterocycles. The van der Waals surface area contributed by atoms with Crippen molar-refractivity contribution in [2.75, 3.05) is 18.4 Å². The predicted molar refractivity (Wildman–Crippen MR) is 145 cm³/mol. The second kappa shape index (κ2) is 14.2. The van der Waals surface area contributed by atoms with E-state index in [4.69, 9.17) is 9.52 Å². The molecule has 1 heterocycles. The topological polar surface area (TPSA) is 184 Å². The van der Waals surface area contributed by atoms with Gasteiger partial charge in [0.1, 0.15) is 11.6 Å². The average molecular weight is 551 g/mol. The molecule has 4 amide bonds. The van der Waals surface area contributed by atoms with Crippen molar-refractivity contribution in [1.82, 2.24) is 16.0 Å². The van der Waals surface area contributed by atoms with Gasteiger partial charge >= 0.3 is 11.6 Å². The fourth-order valence-corrected chi connectivity index (χ4v) is 3.85. The first-order valence-electron chi connectivity index (χ1n) is 12.5. The number of nitrogens with one attached hydrogen (secondary N) is 4. The lowest BCUT2D eigenvalue weighted by Crippen LogP contribution is -2.49. The molecular weight excluding hydrogens is 520 g/mol. The molecule has 0 radical (unpaired) electrons. The molecule has 0 aliphatic rings. The highest BCUT2D eigenvalue weighted by Crippen LogP contribution is 2.21. The molecule has 40 heavy (non-hydrogen) atoms. The van der Waals surface area contributed by atoms with E-state index in [1.165, 1.54) is 12.1 Å². The van der Waals surface area contributed by atoms with Crippen molar-refractivity contribution < 1.29 is 33.5 Å². The van der Waals surface area contributed by atoms with Crippen molar-refractivity contribution in [3.63, 3.8) is 0 Å². The summed E-state index contributed by atoms with van der Waals surface area (Å²) in [5.74, 6) is -3.28. The SMILES string of the molecule is Cc1cc(=O)oc2cc(NC(=O)[C@H](Cc3ccccc3)NC(=O)CNC(=O)CNC(=O)CCCC(=O)O)ccc12. The Labute approximate surface area is 229 Å². The largest absolute Gasteiger partial charge is 0.481 e. The molecule has 0 spiro atoms. The summed E-state index contributed by atoms with van der Waals surface area (Å²) in [6, 6.07) is 14.3. The molecule has 1 atom stereocenters. The van der Waals surface area contributed by atoms with Gasteiger partial charge in [-0.3, -0.25) is 24.0 Å². The lowest BCUT2D eigenvalue weighted by molar-refractivity contribution is -0.137. The third-order valence-corrected chi connectivity index (χ3v) is 5.84. The van der Waals surface area contributed by atoms with E-state index in [-0.39, 0.29) is 32.2 Å². The summed E-state index contributed by atoms with van der Waals surface area (Å²) in [5.41, 5.74) is 1.69. The van der Waals surface area contributed by atoms with Crippen LogP contribution in [0.25, 0.3) is 11.0 Å². The van der Waals surface area contributed by atoms with Gasteiger partial charge < -0.3 is 30.8 Å². The number of aliphatic carboxylic acids is 1. The van der Waals surface area contributed by atoms with Crippen LogP contribution in [0.4, 0.5) is 5.69 Å². The molecule has 12 heteroatoms. The van der Waals surface area contributed by atoms with Gasteiger partial charge in [0.05, 0.1) is 13.1 Å². The fraction of sp³-hybridized carbons (Fsp3) is 0.286. The summed E-state index contributed by atoms with van der Waals surface area (Å²) in [5, 5.41) is 19.4. The maximum absolute atomic E-state index is 13.2. The van der Waals surface area contributed by atoms with Crippen molar-refractivity contribution in [2.24, 2.45) is 0 Å². The zero-order chi connectivity index (χ0) is 29.1. The molecule has 12 nitrogen and oxygen atoms in total. The zero-order valence-corrected chi connectivity index (χ0v) is 21.8. The van der Waals surface area contributed by atoms with Crippen LogP contribution in [0.1, 0.15) is 30.4 Å². The minimum absolute atomic E-state index is 0.0424. The molecule has 0 fully saturated rings. The first-order chi connectivity index (χ1) is 19.1. The van der Waals surface area contributed by atoms with E-state index in [1.807, 2.05) is 6.07 Å². The number of carbonyl (C=O) groups is 5. The van der Waals surface area contributed by atoms with E-state index in [9.17, 15) is 28.8 Å². The Morgan fingerprint density at radius 1 is 0.875 bits per heavy atom. The molecule has 0 aliphatic carbocycles. The summed E-state index contributed by atoms with van der Waals surface area (Å²) < 4.78 is 5.24. The lowest BCUT2D eigenvalue weighted by Gasteiger charge is -2.19. The van der Waals surface area contributed by atoms with E-state index in [2.05, 4.69) is 21.3 Å². The second-order valence-corrected chi connectivity index (χ2v) is 9.06. The maximum atomic E-state index is 13.2. The number of benzene rings is 2. The minimum Gasteiger partial charge on any atom is -0.481 e. The van der Waals surface area contributed by atoms with E-state index >= 15 is 0 Å². The number of carbonyl (C=O) groups excluding carboxylic acids is 4. The highest BCUT2D eigenvalue weighted by atomic mass is 16.4. The van der Waals surface area contributed by atoms with Crippen molar-refractivity contribution in [3.05, 3.63) is 76.1 Å². The summed E-state index contributed by atoms with van der Waals surface area (Å²) >= 11 is 0. The van der Waals surface area contributed by atoms with Crippen molar-refractivity contribution in [2.45, 2.75) is 38.6 Å². The first-order valence-corrected chi connectivity index (χ1v) is 12.5. The van der Waals surface area contributed by atoms with Crippen LogP contribution in [0.3, 0.4) is 0 Å². The maximum Gasteiger partial charge on any atom is 0.336 e. The quantitative estimate of drug-likeness (QED) is 0.197. The Balaban J connectivity index is 1.59. The Morgan fingerprint density at radius 2 is 1.57 bits per heavy atom. The molecule has 210 valence electrons. The van der Waals surface area contributed by atoms with E-state index in [0.29, 0.717) is 11.3 Å². The van der Waals surface area contributed by atoms with Gasteiger partial charge in [-0.05, 0) is 36.6 Å². The Hall–Kier alpha value is -5.00. The van der Waals surface area contributed by atoms with Gasteiger partial charge in [-0.25, -0.2) is 4.79 Å². The van der Waals surface area contributed by atoms with Crippen LogP contribution < -0.4 is 26.9 Å². The van der Waals surface area contributed by atoms with Crippen LogP contribution in [0.15, 0.2) is 63.8 Å². The van der Waals surface area contributed by atoms with E-state index in [0.717, 1.165) is 16.5 Å². The molecule has 1 aromatic heterocycles. The van der Waals surface area contributed by atoms with Gasteiger partial charge in [0.2, 0.25) is 23.6 Å². The van der Waals surface area contributed by atoms with Gasteiger partial charge in [0, 0.05) is 42.5 Å². The molecule has 0 bridgehead atoms. The van der Waals surface area contributed by atoms with Crippen LogP contribution in [0.5, 0.6) is 0 Å². The average Bonchev–Trinajstić information content (AvgIpc) is 2.90. The number of rotatable bonds is 13. The molecule has 5 N–H and O–H groups in total. The lowest BCUT2D eigenvalue weighted by atomic mass is 10.0. The first kappa shape index (κ1) is 29.6. The third-order valence-electron chi connectivity index (χ3n) is 5.84. The summed E-state index contributed by atoms with van der Waals surface area (Å²) in [4.78, 5) is 71.7. The Bertz CT molecular complexity index is 1450. The van der Waals surface area contributed by atoms with Crippen molar-refractivity contribution in [3.8, 4) is 0 Å². The number of carboxylic acid groups (broad SMARTS) is 1. The Morgan fingerprint density at radius 3 is 2.30 bits per heavy atom. The molecule has 0 saturated heterocycles. The summed E-state index contributed by atoms with van der Waals surface area (Å²) in [6.45, 7) is 0.954. The number of carboxylic acids is 1.